The lowest BCUT2D eigenvalue weighted by molar-refractivity contribution is -0.0717. The summed E-state index contributed by atoms with van der Waals surface area (Å²) in [6, 6.07) is 0. The molecule has 0 aromatic rings. The minimum Gasteiger partial charge on any atom is -0.390 e. The Bertz CT molecular complexity index is 1560. The van der Waals surface area contributed by atoms with Gasteiger partial charge in [-0.25, -0.2) is 0 Å². The molecule has 0 amide bonds. The van der Waals surface area contributed by atoms with Gasteiger partial charge in [-0.2, -0.15) is 0 Å². The number of aliphatic hydroxyl groups is 4. The highest BCUT2D eigenvalue weighted by atomic mass is 16.5. The second-order valence-corrected chi connectivity index (χ2v) is 26.4. The molecule has 10 aliphatic rings. The van der Waals surface area contributed by atoms with Gasteiger partial charge in [0, 0.05) is 26.1 Å². The van der Waals surface area contributed by atoms with Crippen LogP contribution in [0.4, 0.5) is 0 Å². The Morgan fingerprint density at radius 2 is 0.919 bits per heavy atom. The van der Waals surface area contributed by atoms with Gasteiger partial charge in [-0.1, -0.05) is 64.8 Å². The second-order valence-electron chi connectivity index (χ2n) is 26.4. The topological polar surface area (TPSA) is 99.4 Å². The van der Waals surface area contributed by atoms with Crippen LogP contribution in [0.3, 0.4) is 0 Å². The lowest BCUT2D eigenvalue weighted by atomic mass is 9.46. The fraction of sp³-hybridized carbons (Fsp3) is 0.929. The molecule has 62 heavy (non-hydrogen) atoms. The molecule has 8 fully saturated rings. The van der Waals surface area contributed by atoms with Crippen molar-refractivity contribution in [2.75, 3.05) is 26.4 Å². The third-order valence-corrected chi connectivity index (χ3v) is 22.6. The molecular weight excluding hydrogens is 769 g/mol. The molecule has 0 aromatic heterocycles. The smallest absolute Gasteiger partial charge is 0.0902 e. The van der Waals surface area contributed by atoms with Crippen LogP contribution in [0.5, 0.6) is 0 Å². The first-order valence-electron chi connectivity index (χ1n) is 26.6. The normalized spacial score (nSPS) is 52.8. The minimum absolute atomic E-state index is 0.321. The summed E-state index contributed by atoms with van der Waals surface area (Å²) in [4.78, 5) is 0. The van der Waals surface area contributed by atoms with Gasteiger partial charge in [0.15, 0.2) is 0 Å². The highest BCUT2D eigenvalue weighted by Gasteiger charge is 2.61. The van der Waals surface area contributed by atoms with Crippen molar-refractivity contribution < 1.29 is 29.9 Å². The van der Waals surface area contributed by atoms with Crippen molar-refractivity contribution in [1.82, 2.24) is 0 Å². The van der Waals surface area contributed by atoms with Gasteiger partial charge in [0.1, 0.15) is 0 Å². The van der Waals surface area contributed by atoms with Gasteiger partial charge in [-0.05, 0) is 223 Å². The summed E-state index contributed by atoms with van der Waals surface area (Å²) >= 11 is 0. The molecule has 6 heteroatoms. The third kappa shape index (κ3) is 8.13. The standard InChI is InChI=1S/2C28H46O3/c2*1-19(9-12-28(30)15-16-31-18-28)22-7-8-23-21-6-5-20-17-25(2,29)13-14-26(20,3)24(21)10-11-27(22,23)4/h2*5,19,21-24,29-30H,6-18H2,1-4H3/t19-,21+,22-,23+,24+,25+,26+,27-,28+;19-,21+,22-,23+,24+,25+,26+,27-,28-/m11/s1. The van der Waals surface area contributed by atoms with Gasteiger partial charge in [-0.3, -0.25) is 0 Å². The summed E-state index contributed by atoms with van der Waals surface area (Å²) in [5, 5.41) is 42.9. The van der Waals surface area contributed by atoms with Crippen LogP contribution < -0.4 is 0 Å². The average molecular weight is 861 g/mol. The van der Waals surface area contributed by atoms with E-state index in [9.17, 15) is 20.4 Å². The lowest BCUT2D eigenvalue weighted by Crippen LogP contribution is -2.52. The zero-order chi connectivity index (χ0) is 44.1. The molecule has 2 aliphatic heterocycles. The summed E-state index contributed by atoms with van der Waals surface area (Å²) < 4.78 is 11.0. The molecule has 2 saturated heterocycles. The highest BCUT2D eigenvalue weighted by Crippen LogP contribution is 2.69. The monoisotopic (exact) mass is 861 g/mol. The predicted octanol–water partition coefficient (Wildman–Crippen LogP) is 11.8. The lowest BCUT2D eigenvalue weighted by Gasteiger charge is -2.59. The molecule has 10 rings (SSSR count). The second kappa shape index (κ2) is 16.5. The molecule has 0 radical (unpaired) electrons. The molecule has 352 valence electrons. The van der Waals surface area contributed by atoms with Crippen molar-refractivity contribution in [3.63, 3.8) is 0 Å². The first kappa shape index (κ1) is 46.4. The Labute approximate surface area is 378 Å². The van der Waals surface area contributed by atoms with Gasteiger partial charge in [0.05, 0.1) is 35.6 Å². The van der Waals surface area contributed by atoms with E-state index in [1.165, 1.54) is 64.2 Å². The first-order chi connectivity index (χ1) is 29.1. The van der Waals surface area contributed by atoms with Crippen molar-refractivity contribution in [3.05, 3.63) is 23.3 Å². The number of allylic oxidation sites excluding steroid dienone is 2. The first-order valence-corrected chi connectivity index (χ1v) is 26.6. The van der Waals surface area contributed by atoms with E-state index >= 15 is 0 Å². The van der Waals surface area contributed by atoms with Crippen molar-refractivity contribution in [2.45, 2.75) is 219 Å². The maximum atomic E-state index is 10.8. The van der Waals surface area contributed by atoms with Crippen LogP contribution >= 0.6 is 0 Å². The number of fused-ring (bicyclic) bond motifs is 10. The molecule has 6 saturated carbocycles. The quantitative estimate of drug-likeness (QED) is 0.181. The SMILES string of the molecule is C[C@H](CC[C@@]1(O)CCOC1)[C@H]1CC[C@H]2[C@@H]3CC=C4C[C@@](C)(O)CC[C@]4(C)[C@H]3CC[C@]12C.C[C@H](CC[C@]1(O)CCOC1)[C@H]1CC[C@H]2[C@@H]3CC=C4C[C@@](C)(O)CC[C@]4(C)[C@H]3CC[C@]12C. The molecule has 0 aromatic carbocycles. The van der Waals surface area contributed by atoms with Crippen LogP contribution in [0.25, 0.3) is 0 Å². The highest BCUT2D eigenvalue weighted by molar-refractivity contribution is 5.28. The fourth-order valence-electron chi connectivity index (χ4n) is 18.5. The minimum atomic E-state index is -0.563. The fourth-order valence-corrected chi connectivity index (χ4v) is 18.5. The maximum Gasteiger partial charge on any atom is 0.0902 e. The number of hydrogen-bond acceptors (Lipinski definition) is 6. The molecular formula is C56H92O6. The molecule has 6 nitrogen and oxygen atoms in total. The van der Waals surface area contributed by atoms with Gasteiger partial charge in [-0.15, -0.1) is 0 Å². The molecule has 8 aliphatic carbocycles. The van der Waals surface area contributed by atoms with E-state index in [0.717, 1.165) is 138 Å². The molecule has 0 spiro atoms. The van der Waals surface area contributed by atoms with Crippen molar-refractivity contribution in [2.24, 2.45) is 80.8 Å². The Hall–Kier alpha value is -0.760. The van der Waals surface area contributed by atoms with E-state index in [4.69, 9.17) is 9.47 Å². The van der Waals surface area contributed by atoms with Crippen LogP contribution in [0.15, 0.2) is 23.3 Å². The Kier molecular flexibility index (Phi) is 12.3. The summed E-state index contributed by atoms with van der Waals surface area (Å²) in [7, 11) is 0. The summed E-state index contributed by atoms with van der Waals surface area (Å²) in [6.07, 6.45) is 30.4. The average Bonchev–Trinajstić information content (AvgIpc) is 4.02. The predicted molar refractivity (Wildman–Crippen MR) is 249 cm³/mol. The molecule has 18 atom stereocenters. The van der Waals surface area contributed by atoms with E-state index in [1.807, 2.05) is 13.8 Å². The van der Waals surface area contributed by atoms with Gasteiger partial charge in [0.25, 0.3) is 0 Å². The Balaban J connectivity index is 0.000000158. The van der Waals surface area contributed by atoms with Crippen LogP contribution in [-0.2, 0) is 9.47 Å². The maximum absolute atomic E-state index is 10.8. The summed E-state index contributed by atoms with van der Waals surface area (Å²) in [5.41, 5.74) is 2.61. The van der Waals surface area contributed by atoms with E-state index < -0.39 is 22.4 Å². The van der Waals surface area contributed by atoms with E-state index in [0.29, 0.717) is 46.7 Å². The number of hydrogen-bond donors (Lipinski definition) is 4. The van der Waals surface area contributed by atoms with E-state index in [1.54, 1.807) is 11.1 Å². The summed E-state index contributed by atoms with van der Waals surface area (Å²) in [6.45, 7) is 21.8. The van der Waals surface area contributed by atoms with Crippen LogP contribution in [0.1, 0.15) is 197 Å². The molecule has 4 N–H and O–H groups in total. The zero-order valence-electron chi connectivity index (χ0n) is 40.9. The molecule has 0 bridgehead atoms. The molecule has 0 unspecified atom stereocenters. The van der Waals surface area contributed by atoms with E-state index in [2.05, 4.69) is 53.7 Å². The van der Waals surface area contributed by atoms with Crippen LogP contribution in [-0.4, -0.2) is 69.3 Å². The van der Waals surface area contributed by atoms with Gasteiger partial charge < -0.3 is 29.9 Å². The summed E-state index contributed by atoms with van der Waals surface area (Å²) in [5.74, 6) is 7.98. The van der Waals surface area contributed by atoms with Crippen LogP contribution in [0.2, 0.25) is 0 Å². The van der Waals surface area contributed by atoms with Crippen molar-refractivity contribution >= 4 is 0 Å². The van der Waals surface area contributed by atoms with Gasteiger partial charge in [0.2, 0.25) is 0 Å². The number of rotatable bonds is 8. The Morgan fingerprint density at radius 1 is 0.516 bits per heavy atom. The van der Waals surface area contributed by atoms with Gasteiger partial charge >= 0.3 is 0 Å². The molecule has 2 heterocycles. The van der Waals surface area contributed by atoms with Crippen LogP contribution in [0, 0.1) is 80.8 Å². The van der Waals surface area contributed by atoms with Crippen molar-refractivity contribution in [3.8, 4) is 0 Å². The number of ether oxygens (including phenoxy) is 2. The van der Waals surface area contributed by atoms with E-state index in [-0.39, 0.29) is 0 Å². The largest absolute Gasteiger partial charge is 0.390 e. The third-order valence-electron chi connectivity index (χ3n) is 22.6. The zero-order valence-corrected chi connectivity index (χ0v) is 40.9. The van der Waals surface area contributed by atoms with Crippen molar-refractivity contribution in [1.29, 1.82) is 0 Å². The Morgan fingerprint density at radius 3 is 1.29 bits per heavy atom.